The first kappa shape index (κ1) is 20.6. The zero-order chi connectivity index (χ0) is 21.5. The molecule has 3 aromatic rings. The topological polar surface area (TPSA) is 79.6 Å². The minimum absolute atomic E-state index is 0.00262. The van der Waals surface area contributed by atoms with E-state index in [1.165, 1.54) is 0 Å². The Morgan fingerprint density at radius 3 is 2.53 bits per heavy atom. The Kier molecular flexibility index (Phi) is 5.42. The molecular formula is C23H26N2O4S. The SMILES string of the molecule is Cc1ccc2oc(C(=O)Nc3ccc(S(=O)(=O)N4CCCCC4C)cc3)c(C)c2c1. The Bertz CT molecular complexity index is 1200. The Morgan fingerprint density at radius 1 is 1.10 bits per heavy atom. The molecule has 158 valence electrons. The molecule has 7 heteroatoms. The first-order valence-corrected chi connectivity index (χ1v) is 11.6. The number of aryl methyl sites for hydroxylation is 2. The molecule has 6 nitrogen and oxygen atoms in total. The van der Waals surface area contributed by atoms with Crippen molar-refractivity contribution < 1.29 is 17.6 Å². The summed E-state index contributed by atoms with van der Waals surface area (Å²) in [6.45, 7) is 6.34. The summed E-state index contributed by atoms with van der Waals surface area (Å²) in [5, 5.41) is 3.71. The number of amides is 1. The number of carbonyl (C=O) groups excluding carboxylic acids is 1. The summed E-state index contributed by atoms with van der Waals surface area (Å²) in [6, 6.07) is 12.1. The van der Waals surface area contributed by atoms with Crippen LogP contribution in [-0.4, -0.2) is 31.2 Å². The molecule has 2 heterocycles. The molecule has 1 unspecified atom stereocenters. The number of rotatable bonds is 4. The van der Waals surface area contributed by atoms with E-state index in [1.807, 2.05) is 39.0 Å². The molecule has 0 spiro atoms. The average molecular weight is 427 g/mol. The second kappa shape index (κ2) is 7.89. The maximum Gasteiger partial charge on any atom is 0.291 e. The molecule has 1 aliphatic rings. The number of piperidine rings is 1. The fraction of sp³-hybridized carbons (Fsp3) is 0.348. The number of carbonyl (C=O) groups is 1. The van der Waals surface area contributed by atoms with Gasteiger partial charge in [-0.1, -0.05) is 18.1 Å². The molecule has 30 heavy (non-hydrogen) atoms. The van der Waals surface area contributed by atoms with Crippen LogP contribution in [0.25, 0.3) is 11.0 Å². The van der Waals surface area contributed by atoms with Gasteiger partial charge in [0, 0.05) is 29.2 Å². The van der Waals surface area contributed by atoms with Crippen LogP contribution in [0.2, 0.25) is 0 Å². The molecule has 2 aromatic carbocycles. The molecule has 0 saturated carbocycles. The summed E-state index contributed by atoms with van der Waals surface area (Å²) in [4.78, 5) is 13.0. The van der Waals surface area contributed by atoms with E-state index in [1.54, 1.807) is 28.6 Å². The maximum absolute atomic E-state index is 12.9. The zero-order valence-corrected chi connectivity index (χ0v) is 18.3. The number of hydrogen-bond donors (Lipinski definition) is 1. The lowest BCUT2D eigenvalue weighted by Gasteiger charge is -2.32. The van der Waals surface area contributed by atoms with Gasteiger partial charge in [-0.2, -0.15) is 4.31 Å². The van der Waals surface area contributed by atoms with Crippen molar-refractivity contribution in [3.8, 4) is 0 Å². The van der Waals surface area contributed by atoms with E-state index in [0.29, 0.717) is 17.8 Å². The third-order valence-corrected chi connectivity index (χ3v) is 7.79. The van der Waals surface area contributed by atoms with Crippen LogP contribution in [0.15, 0.2) is 51.8 Å². The smallest absolute Gasteiger partial charge is 0.291 e. The van der Waals surface area contributed by atoms with Crippen molar-refractivity contribution in [1.29, 1.82) is 0 Å². The number of hydrogen-bond acceptors (Lipinski definition) is 4. The fourth-order valence-electron chi connectivity index (χ4n) is 4.01. The van der Waals surface area contributed by atoms with Crippen LogP contribution in [-0.2, 0) is 10.0 Å². The number of fused-ring (bicyclic) bond motifs is 1. The minimum atomic E-state index is -3.53. The zero-order valence-electron chi connectivity index (χ0n) is 17.4. The predicted molar refractivity (Wildman–Crippen MR) is 117 cm³/mol. The normalized spacial score (nSPS) is 17.9. The van der Waals surface area contributed by atoms with Crippen molar-refractivity contribution in [1.82, 2.24) is 4.31 Å². The lowest BCUT2D eigenvalue weighted by molar-refractivity contribution is 0.0998. The molecule has 1 aliphatic heterocycles. The number of benzene rings is 2. The monoisotopic (exact) mass is 426 g/mol. The largest absolute Gasteiger partial charge is 0.451 e. The van der Waals surface area contributed by atoms with E-state index in [4.69, 9.17) is 4.42 Å². The van der Waals surface area contributed by atoms with Gasteiger partial charge < -0.3 is 9.73 Å². The van der Waals surface area contributed by atoms with Crippen molar-refractivity contribution in [3.05, 3.63) is 59.4 Å². The highest BCUT2D eigenvalue weighted by molar-refractivity contribution is 7.89. The molecule has 0 bridgehead atoms. The maximum atomic E-state index is 12.9. The van der Waals surface area contributed by atoms with Crippen LogP contribution in [0, 0.1) is 13.8 Å². The third kappa shape index (κ3) is 3.75. The van der Waals surface area contributed by atoms with E-state index < -0.39 is 10.0 Å². The fourth-order valence-corrected chi connectivity index (χ4v) is 5.71. The van der Waals surface area contributed by atoms with Crippen LogP contribution >= 0.6 is 0 Å². The Balaban J connectivity index is 1.54. The number of sulfonamides is 1. The van der Waals surface area contributed by atoms with E-state index >= 15 is 0 Å². The van der Waals surface area contributed by atoms with Gasteiger partial charge in [0.25, 0.3) is 5.91 Å². The van der Waals surface area contributed by atoms with Gasteiger partial charge in [-0.25, -0.2) is 8.42 Å². The summed E-state index contributed by atoms with van der Waals surface area (Å²) in [5.41, 5.74) is 3.06. The highest BCUT2D eigenvalue weighted by Gasteiger charge is 2.30. The summed E-state index contributed by atoms with van der Waals surface area (Å²) >= 11 is 0. The quantitative estimate of drug-likeness (QED) is 0.646. The number of anilines is 1. The molecule has 1 fully saturated rings. The number of nitrogens with zero attached hydrogens (tertiary/aromatic N) is 1. The van der Waals surface area contributed by atoms with Crippen molar-refractivity contribution in [2.24, 2.45) is 0 Å². The molecule has 1 aromatic heterocycles. The van der Waals surface area contributed by atoms with Crippen molar-refractivity contribution in [2.75, 3.05) is 11.9 Å². The summed E-state index contributed by atoms with van der Waals surface area (Å²) in [5.74, 6) is -0.101. The Labute approximate surface area is 176 Å². The van der Waals surface area contributed by atoms with Crippen LogP contribution in [0.5, 0.6) is 0 Å². The number of furan rings is 1. The first-order chi connectivity index (χ1) is 14.3. The van der Waals surface area contributed by atoms with Crippen LogP contribution in [0.4, 0.5) is 5.69 Å². The molecule has 1 saturated heterocycles. The standard InChI is InChI=1S/C23H26N2O4S/c1-15-7-12-21-20(14-15)17(3)22(29-21)23(26)24-18-8-10-19(11-9-18)30(27,28)25-13-5-4-6-16(25)2/h7-12,14,16H,4-6,13H2,1-3H3,(H,24,26). The van der Waals surface area contributed by atoms with Crippen molar-refractivity contribution >= 4 is 32.6 Å². The lowest BCUT2D eigenvalue weighted by Crippen LogP contribution is -2.41. The van der Waals surface area contributed by atoms with Crippen LogP contribution in [0.1, 0.15) is 47.9 Å². The molecule has 1 amide bonds. The van der Waals surface area contributed by atoms with Crippen LogP contribution < -0.4 is 5.32 Å². The Hall–Kier alpha value is -2.64. The molecule has 1 N–H and O–H groups in total. The predicted octanol–water partition coefficient (Wildman–Crippen LogP) is 4.87. The van der Waals surface area contributed by atoms with Gasteiger partial charge >= 0.3 is 0 Å². The molecule has 0 aliphatic carbocycles. The van der Waals surface area contributed by atoms with Crippen molar-refractivity contribution in [3.63, 3.8) is 0 Å². The molecule has 4 rings (SSSR count). The van der Waals surface area contributed by atoms with Gasteiger partial charge in [0.15, 0.2) is 5.76 Å². The number of nitrogens with one attached hydrogen (secondary N) is 1. The highest BCUT2D eigenvalue weighted by Crippen LogP contribution is 2.28. The highest BCUT2D eigenvalue weighted by atomic mass is 32.2. The van der Waals surface area contributed by atoms with Gasteiger partial charge in [0.1, 0.15) is 5.58 Å². The second-order valence-electron chi connectivity index (χ2n) is 7.99. The van der Waals surface area contributed by atoms with Gasteiger partial charge in [0.2, 0.25) is 10.0 Å². The minimum Gasteiger partial charge on any atom is -0.451 e. The Morgan fingerprint density at radius 2 is 1.83 bits per heavy atom. The van der Waals surface area contributed by atoms with E-state index in [2.05, 4.69) is 5.32 Å². The molecule has 0 radical (unpaired) electrons. The summed E-state index contributed by atoms with van der Waals surface area (Å²) < 4.78 is 33.2. The van der Waals surface area contributed by atoms with Gasteiger partial charge in [-0.3, -0.25) is 4.79 Å². The average Bonchev–Trinajstić information content (AvgIpc) is 3.05. The van der Waals surface area contributed by atoms with E-state index in [9.17, 15) is 13.2 Å². The second-order valence-corrected chi connectivity index (χ2v) is 9.89. The molecular weight excluding hydrogens is 400 g/mol. The summed E-state index contributed by atoms with van der Waals surface area (Å²) in [7, 11) is -3.53. The van der Waals surface area contributed by atoms with E-state index in [0.717, 1.165) is 35.8 Å². The van der Waals surface area contributed by atoms with Crippen LogP contribution in [0.3, 0.4) is 0 Å². The molecule has 1 atom stereocenters. The first-order valence-electron chi connectivity index (χ1n) is 10.2. The third-order valence-electron chi connectivity index (χ3n) is 5.76. The van der Waals surface area contributed by atoms with Gasteiger partial charge in [-0.05, 0) is 70.0 Å². The lowest BCUT2D eigenvalue weighted by atomic mass is 10.1. The van der Waals surface area contributed by atoms with Crippen molar-refractivity contribution in [2.45, 2.75) is 51.0 Å². The van der Waals surface area contributed by atoms with E-state index in [-0.39, 0.29) is 22.6 Å². The van der Waals surface area contributed by atoms with Gasteiger partial charge in [0.05, 0.1) is 4.90 Å². The summed E-state index contributed by atoms with van der Waals surface area (Å²) in [6.07, 6.45) is 2.82. The van der Waals surface area contributed by atoms with Gasteiger partial charge in [-0.15, -0.1) is 0 Å².